The van der Waals surface area contributed by atoms with E-state index in [4.69, 9.17) is 10.5 Å². The summed E-state index contributed by atoms with van der Waals surface area (Å²) in [6.07, 6.45) is 8.60. The normalized spacial score (nSPS) is 19.4. The summed E-state index contributed by atoms with van der Waals surface area (Å²) in [6, 6.07) is 0.256. The van der Waals surface area contributed by atoms with Crippen LogP contribution in [0.25, 0.3) is 0 Å². The van der Waals surface area contributed by atoms with Crippen LogP contribution in [0.4, 0.5) is 0 Å². The molecule has 20 heavy (non-hydrogen) atoms. The molecule has 1 saturated heterocycles. The number of likely N-dealkylation sites (tertiary alicyclic amines) is 1. The second kappa shape index (κ2) is 8.43. The highest BCUT2D eigenvalue weighted by molar-refractivity contribution is 5.88. The number of rotatable bonds is 5. The predicted molar refractivity (Wildman–Crippen MR) is 80.8 cm³/mol. The largest absolute Gasteiger partial charge is 0.495 e. The van der Waals surface area contributed by atoms with Crippen molar-refractivity contribution in [3.05, 3.63) is 35.8 Å². The smallest absolute Gasteiger partial charge is 0.244 e. The average Bonchev–Trinajstić information content (AvgIpc) is 2.42. The summed E-state index contributed by atoms with van der Waals surface area (Å²) >= 11 is 0. The first kappa shape index (κ1) is 16.3. The minimum Gasteiger partial charge on any atom is -0.495 e. The SMILES string of the molecule is C\C=C/C(N)=C(\C=C\C(=O)NC1CCN(C)CC1)OC. The zero-order valence-corrected chi connectivity index (χ0v) is 12.6. The van der Waals surface area contributed by atoms with Crippen molar-refractivity contribution < 1.29 is 9.53 Å². The number of allylic oxidation sites excluding steroid dienone is 3. The third kappa shape index (κ3) is 5.48. The first-order chi connectivity index (χ1) is 9.56. The van der Waals surface area contributed by atoms with E-state index < -0.39 is 0 Å². The van der Waals surface area contributed by atoms with Gasteiger partial charge in [-0.3, -0.25) is 4.79 Å². The monoisotopic (exact) mass is 279 g/mol. The van der Waals surface area contributed by atoms with E-state index >= 15 is 0 Å². The van der Waals surface area contributed by atoms with E-state index in [-0.39, 0.29) is 11.9 Å². The molecule has 1 rings (SSSR count). The van der Waals surface area contributed by atoms with Crippen LogP contribution in [0.2, 0.25) is 0 Å². The van der Waals surface area contributed by atoms with Gasteiger partial charge in [0.25, 0.3) is 0 Å². The maximum absolute atomic E-state index is 11.8. The number of carbonyl (C=O) groups excluding carboxylic acids is 1. The predicted octanol–water partition coefficient (Wildman–Crippen LogP) is 1.15. The summed E-state index contributed by atoms with van der Waals surface area (Å²) in [7, 11) is 3.63. The van der Waals surface area contributed by atoms with E-state index in [2.05, 4.69) is 17.3 Å². The van der Waals surface area contributed by atoms with Gasteiger partial charge in [0.2, 0.25) is 5.91 Å². The van der Waals surface area contributed by atoms with Gasteiger partial charge in [-0.2, -0.15) is 0 Å². The summed E-state index contributed by atoms with van der Waals surface area (Å²) in [5.41, 5.74) is 6.30. The summed E-state index contributed by atoms with van der Waals surface area (Å²) in [6.45, 7) is 3.91. The first-order valence-electron chi connectivity index (χ1n) is 6.90. The van der Waals surface area contributed by atoms with Crippen molar-refractivity contribution in [2.24, 2.45) is 5.73 Å². The zero-order valence-electron chi connectivity index (χ0n) is 12.6. The van der Waals surface area contributed by atoms with Gasteiger partial charge < -0.3 is 20.7 Å². The highest BCUT2D eigenvalue weighted by atomic mass is 16.5. The molecule has 0 aromatic heterocycles. The second-order valence-electron chi connectivity index (χ2n) is 4.94. The molecular weight excluding hydrogens is 254 g/mol. The van der Waals surface area contributed by atoms with E-state index in [0.717, 1.165) is 25.9 Å². The molecule has 1 fully saturated rings. The molecule has 0 aromatic carbocycles. The summed E-state index contributed by atoms with van der Waals surface area (Å²) in [4.78, 5) is 14.1. The van der Waals surface area contributed by atoms with Gasteiger partial charge in [0.1, 0.15) is 5.76 Å². The number of nitrogens with one attached hydrogen (secondary N) is 1. The van der Waals surface area contributed by atoms with Gasteiger partial charge in [-0.15, -0.1) is 0 Å². The first-order valence-corrected chi connectivity index (χ1v) is 6.90. The van der Waals surface area contributed by atoms with Gasteiger partial charge in [0.15, 0.2) is 0 Å². The van der Waals surface area contributed by atoms with Gasteiger partial charge in [-0.25, -0.2) is 0 Å². The average molecular weight is 279 g/mol. The summed E-state index contributed by atoms with van der Waals surface area (Å²) in [5.74, 6) is 0.379. The molecule has 0 aliphatic carbocycles. The van der Waals surface area contributed by atoms with Crippen molar-refractivity contribution in [3.8, 4) is 0 Å². The van der Waals surface area contributed by atoms with Gasteiger partial charge in [-0.1, -0.05) is 6.08 Å². The van der Waals surface area contributed by atoms with Crippen LogP contribution in [0.1, 0.15) is 19.8 Å². The highest BCUT2D eigenvalue weighted by Gasteiger charge is 2.17. The number of methoxy groups -OCH3 is 1. The molecule has 1 amide bonds. The van der Waals surface area contributed by atoms with Gasteiger partial charge in [-0.05, 0) is 52.1 Å². The van der Waals surface area contributed by atoms with E-state index in [1.165, 1.54) is 13.2 Å². The molecule has 0 saturated carbocycles. The fraction of sp³-hybridized carbons (Fsp3) is 0.533. The topological polar surface area (TPSA) is 67.6 Å². The maximum Gasteiger partial charge on any atom is 0.244 e. The van der Waals surface area contributed by atoms with E-state index in [1.54, 1.807) is 12.2 Å². The standard InChI is InChI=1S/C15H25N3O2/c1-4-5-13(16)14(20-3)6-7-15(19)17-12-8-10-18(2)11-9-12/h4-7,12H,8-11,16H2,1-3H3,(H,17,19)/b5-4-,7-6+,14-13-. The fourth-order valence-electron chi connectivity index (χ4n) is 2.10. The Hall–Kier alpha value is -1.75. The van der Waals surface area contributed by atoms with Crippen LogP contribution in [0.15, 0.2) is 35.8 Å². The molecule has 0 unspecified atom stereocenters. The Morgan fingerprint density at radius 3 is 2.50 bits per heavy atom. The molecule has 5 heteroatoms. The lowest BCUT2D eigenvalue weighted by Crippen LogP contribution is -2.42. The Bertz CT molecular complexity index is 405. The van der Waals surface area contributed by atoms with Crippen LogP contribution in [-0.4, -0.2) is 44.1 Å². The molecule has 3 N–H and O–H groups in total. The second-order valence-corrected chi connectivity index (χ2v) is 4.94. The Morgan fingerprint density at radius 2 is 1.95 bits per heavy atom. The number of piperidine rings is 1. The Balaban J connectivity index is 2.52. The third-order valence-electron chi connectivity index (χ3n) is 3.30. The molecule has 0 aromatic rings. The van der Waals surface area contributed by atoms with E-state index in [0.29, 0.717) is 11.5 Å². The van der Waals surface area contributed by atoms with Gasteiger partial charge in [0, 0.05) is 12.1 Å². The number of nitrogens with two attached hydrogens (primary N) is 1. The van der Waals surface area contributed by atoms with Crippen LogP contribution in [-0.2, 0) is 9.53 Å². The van der Waals surface area contributed by atoms with Crippen molar-refractivity contribution in [2.45, 2.75) is 25.8 Å². The third-order valence-corrected chi connectivity index (χ3v) is 3.30. The fourth-order valence-corrected chi connectivity index (χ4v) is 2.10. The van der Waals surface area contributed by atoms with Gasteiger partial charge >= 0.3 is 0 Å². The van der Waals surface area contributed by atoms with Crippen molar-refractivity contribution >= 4 is 5.91 Å². The lowest BCUT2D eigenvalue weighted by molar-refractivity contribution is -0.117. The Labute approximate surface area is 121 Å². The molecule has 1 aliphatic heterocycles. The van der Waals surface area contributed by atoms with Crippen LogP contribution in [0, 0.1) is 0 Å². The lowest BCUT2D eigenvalue weighted by Gasteiger charge is -2.29. The molecule has 5 nitrogen and oxygen atoms in total. The molecule has 0 bridgehead atoms. The Kier molecular flexibility index (Phi) is 6.87. The minimum atomic E-state index is -0.109. The van der Waals surface area contributed by atoms with Crippen LogP contribution in [0.5, 0.6) is 0 Å². The molecule has 0 spiro atoms. The number of hydrogen-bond acceptors (Lipinski definition) is 4. The maximum atomic E-state index is 11.8. The van der Waals surface area contributed by atoms with Crippen molar-refractivity contribution in [3.63, 3.8) is 0 Å². The van der Waals surface area contributed by atoms with Crippen molar-refractivity contribution in [1.82, 2.24) is 10.2 Å². The molecule has 112 valence electrons. The van der Waals surface area contributed by atoms with Gasteiger partial charge in [0.05, 0.1) is 12.8 Å². The number of carbonyl (C=O) groups is 1. The quantitative estimate of drug-likeness (QED) is 0.450. The van der Waals surface area contributed by atoms with E-state index in [1.807, 2.05) is 13.0 Å². The number of hydrogen-bond donors (Lipinski definition) is 2. The van der Waals surface area contributed by atoms with Crippen LogP contribution in [0.3, 0.4) is 0 Å². The molecule has 0 radical (unpaired) electrons. The Morgan fingerprint density at radius 1 is 1.30 bits per heavy atom. The van der Waals surface area contributed by atoms with Crippen LogP contribution >= 0.6 is 0 Å². The van der Waals surface area contributed by atoms with Crippen molar-refractivity contribution in [2.75, 3.05) is 27.2 Å². The lowest BCUT2D eigenvalue weighted by atomic mass is 10.1. The molecule has 1 heterocycles. The number of amides is 1. The minimum absolute atomic E-state index is 0.109. The molecular formula is C15H25N3O2. The van der Waals surface area contributed by atoms with Crippen LogP contribution < -0.4 is 11.1 Å². The molecule has 0 atom stereocenters. The molecule has 1 aliphatic rings. The summed E-state index contributed by atoms with van der Waals surface area (Å²) < 4.78 is 5.15. The number of nitrogens with zero attached hydrogens (tertiary/aromatic N) is 1. The summed E-state index contributed by atoms with van der Waals surface area (Å²) in [5, 5.41) is 3.00. The highest BCUT2D eigenvalue weighted by Crippen LogP contribution is 2.08. The van der Waals surface area contributed by atoms with Crippen molar-refractivity contribution in [1.29, 1.82) is 0 Å². The van der Waals surface area contributed by atoms with E-state index in [9.17, 15) is 4.79 Å². The zero-order chi connectivity index (χ0) is 15.0. The number of ether oxygens (including phenoxy) is 1.